The third-order valence-corrected chi connectivity index (χ3v) is 14.3. The van der Waals surface area contributed by atoms with Gasteiger partial charge in [0.05, 0.1) is 11.4 Å². The third kappa shape index (κ3) is 6.99. The topological polar surface area (TPSA) is 32.8 Å². The molecular weight excluding hydrogens is 853 g/mol. The zero-order valence-electron chi connectivity index (χ0n) is 39.5. The molecule has 2 aromatic heterocycles. The van der Waals surface area contributed by atoms with Gasteiger partial charge in [-0.15, -0.1) is 0 Å². The summed E-state index contributed by atoms with van der Waals surface area (Å²) in [5, 5.41) is 8.73. The number of rotatable bonds is 8. The second kappa shape index (κ2) is 16.4. The van der Waals surface area contributed by atoms with Crippen LogP contribution < -0.4 is 9.80 Å². The average molecular weight is 901 g/mol. The van der Waals surface area contributed by atoms with Gasteiger partial charge in [0.2, 0.25) is 0 Å². The smallest absolute Gasteiger partial charge is 0.136 e. The maximum Gasteiger partial charge on any atom is 0.136 e. The van der Waals surface area contributed by atoms with Crippen LogP contribution in [0.1, 0.15) is 22.3 Å². The van der Waals surface area contributed by atoms with E-state index in [1.807, 2.05) is 0 Å². The second-order valence-corrected chi connectivity index (χ2v) is 18.8. The van der Waals surface area contributed by atoms with Gasteiger partial charge in [-0.25, -0.2) is 0 Å². The molecule has 2 heterocycles. The van der Waals surface area contributed by atoms with Crippen LogP contribution >= 0.6 is 0 Å². The van der Waals surface area contributed by atoms with E-state index in [0.717, 1.165) is 88.2 Å². The first kappa shape index (κ1) is 41.3. The van der Waals surface area contributed by atoms with Crippen molar-refractivity contribution in [2.75, 3.05) is 9.80 Å². The molecule has 13 aromatic rings. The maximum atomic E-state index is 6.75. The van der Waals surface area contributed by atoms with Gasteiger partial charge < -0.3 is 18.6 Å². The molecule has 0 atom stereocenters. The number of aryl methyl sites for hydroxylation is 4. The molecule has 70 heavy (non-hydrogen) atoms. The number of benzene rings is 11. The van der Waals surface area contributed by atoms with Gasteiger partial charge in [0.25, 0.3) is 0 Å². The Bertz CT molecular complexity index is 3840. The first-order valence-corrected chi connectivity index (χ1v) is 24.1. The van der Waals surface area contributed by atoms with Crippen LogP contribution in [0, 0.1) is 27.7 Å². The summed E-state index contributed by atoms with van der Waals surface area (Å²) in [7, 11) is 0. The van der Waals surface area contributed by atoms with Crippen LogP contribution in [0.4, 0.5) is 34.1 Å². The third-order valence-electron chi connectivity index (χ3n) is 14.3. The van der Waals surface area contributed by atoms with Gasteiger partial charge in [-0.05, 0) is 179 Å². The summed E-state index contributed by atoms with van der Waals surface area (Å²) in [6.07, 6.45) is 0. The second-order valence-electron chi connectivity index (χ2n) is 18.8. The number of fused-ring (bicyclic) bond motifs is 8. The van der Waals surface area contributed by atoms with E-state index in [-0.39, 0.29) is 0 Å². The molecule has 0 radical (unpaired) electrons. The summed E-state index contributed by atoms with van der Waals surface area (Å²) in [6, 6.07) is 78.7. The Hall–Kier alpha value is -8.86. The van der Waals surface area contributed by atoms with Gasteiger partial charge in [-0.3, -0.25) is 0 Å². The number of para-hydroxylation sites is 2. The molecule has 4 nitrogen and oxygen atoms in total. The molecule has 0 bridgehead atoms. The van der Waals surface area contributed by atoms with E-state index < -0.39 is 0 Å². The van der Waals surface area contributed by atoms with Crippen molar-refractivity contribution in [3.05, 3.63) is 241 Å². The molecule has 0 amide bonds. The molecule has 0 aliphatic rings. The van der Waals surface area contributed by atoms with E-state index >= 15 is 0 Å². The Morgan fingerprint density at radius 1 is 0.257 bits per heavy atom. The largest absolute Gasteiger partial charge is 0.456 e. The Labute approximate surface area is 406 Å². The van der Waals surface area contributed by atoms with Crippen LogP contribution in [0.25, 0.3) is 87.7 Å². The van der Waals surface area contributed by atoms with Gasteiger partial charge in [0, 0.05) is 44.3 Å². The number of nitrogens with zero attached hydrogens (tertiary/aromatic N) is 2. The first-order chi connectivity index (χ1) is 34.3. The summed E-state index contributed by atoms with van der Waals surface area (Å²) in [4.78, 5) is 4.77. The lowest BCUT2D eigenvalue weighted by atomic mass is 10.0. The van der Waals surface area contributed by atoms with Crippen LogP contribution in [0.5, 0.6) is 0 Å². The molecular formula is C66H48N2O2. The monoisotopic (exact) mass is 900 g/mol. The number of furan rings is 2. The normalized spacial score (nSPS) is 11.7. The van der Waals surface area contributed by atoms with Gasteiger partial charge in [0.15, 0.2) is 0 Å². The van der Waals surface area contributed by atoms with E-state index in [2.05, 4.69) is 256 Å². The van der Waals surface area contributed by atoms with Crippen molar-refractivity contribution in [2.45, 2.75) is 27.7 Å². The molecule has 0 fully saturated rings. The summed E-state index contributed by atoms with van der Waals surface area (Å²) in [5.74, 6) is 0. The van der Waals surface area contributed by atoms with Crippen molar-refractivity contribution < 1.29 is 8.83 Å². The highest BCUT2D eigenvalue weighted by atomic mass is 16.3. The Morgan fingerprint density at radius 2 is 0.586 bits per heavy atom. The van der Waals surface area contributed by atoms with Crippen molar-refractivity contribution in [3.63, 3.8) is 0 Å². The molecule has 0 spiro atoms. The van der Waals surface area contributed by atoms with Crippen LogP contribution in [0.2, 0.25) is 0 Å². The predicted octanol–water partition coefficient (Wildman–Crippen LogP) is 19.3. The summed E-state index contributed by atoms with van der Waals surface area (Å²) < 4.78 is 13.5. The van der Waals surface area contributed by atoms with E-state index in [1.54, 1.807) is 0 Å². The van der Waals surface area contributed by atoms with Crippen molar-refractivity contribution in [1.82, 2.24) is 0 Å². The minimum absolute atomic E-state index is 0.842. The standard InChI is InChI=1S/C66H48N2O2/c1-41-13-11-14-42(2)65(41)67(53-27-21-47(22-28-53)45-17-7-5-8-18-45)55-31-25-49-35-57-59-39-64-60(40-63(59)69-61(57)37-51(49)33-55)58-36-50-26-32-56(34-52(50)38-62(58)70-64)68(66-43(3)15-12-16-44(66)4)54-29-23-48(24-30-54)46-19-9-6-10-20-46/h5-40H,1-4H3. The Balaban J connectivity index is 0.880. The number of hydrogen-bond donors (Lipinski definition) is 0. The van der Waals surface area contributed by atoms with Crippen molar-refractivity contribution in [3.8, 4) is 22.3 Å². The maximum absolute atomic E-state index is 6.75. The molecule has 13 rings (SSSR count). The number of hydrogen-bond acceptors (Lipinski definition) is 4. The van der Waals surface area contributed by atoms with Crippen molar-refractivity contribution >= 4 is 99.5 Å². The fourth-order valence-electron chi connectivity index (χ4n) is 10.8. The van der Waals surface area contributed by atoms with Crippen LogP contribution in [-0.2, 0) is 0 Å². The molecule has 0 aliphatic carbocycles. The lowest BCUT2D eigenvalue weighted by molar-refractivity contribution is 0.664. The van der Waals surface area contributed by atoms with E-state index in [9.17, 15) is 0 Å². The molecule has 334 valence electrons. The molecule has 11 aromatic carbocycles. The van der Waals surface area contributed by atoms with E-state index in [0.29, 0.717) is 0 Å². The SMILES string of the molecule is Cc1cccc(C)c1N(c1ccc(-c2ccccc2)cc1)c1ccc2cc3c(cc2c1)oc1cc2c(cc13)oc1cc3cc(N(c4ccc(-c5ccccc5)cc4)c4c(C)cccc4C)ccc3cc12. The molecule has 0 aliphatic heterocycles. The summed E-state index contributed by atoms with van der Waals surface area (Å²) >= 11 is 0. The highest BCUT2D eigenvalue weighted by Crippen LogP contribution is 2.45. The fraction of sp³-hybridized carbons (Fsp3) is 0.0606. The van der Waals surface area contributed by atoms with E-state index in [1.165, 1.54) is 55.9 Å². The highest BCUT2D eigenvalue weighted by Gasteiger charge is 2.21. The molecule has 0 N–H and O–H groups in total. The van der Waals surface area contributed by atoms with Crippen molar-refractivity contribution in [2.24, 2.45) is 0 Å². The lowest BCUT2D eigenvalue weighted by Gasteiger charge is -2.29. The number of anilines is 6. The minimum atomic E-state index is 0.842. The van der Waals surface area contributed by atoms with Gasteiger partial charge in [-0.2, -0.15) is 0 Å². The molecule has 0 unspecified atom stereocenters. The van der Waals surface area contributed by atoms with Gasteiger partial charge >= 0.3 is 0 Å². The lowest BCUT2D eigenvalue weighted by Crippen LogP contribution is -2.12. The fourth-order valence-corrected chi connectivity index (χ4v) is 10.8. The van der Waals surface area contributed by atoms with E-state index in [4.69, 9.17) is 8.83 Å². The predicted molar refractivity (Wildman–Crippen MR) is 295 cm³/mol. The average Bonchev–Trinajstić information content (AvgIpc) is 3.92. The molecule has 0 saturated carbocycles. The summed E-state index contributed by atoms with van der Waals surface area (Å²) in [6.45, 7) is 8.78. The van der Waals surface area contributed by atoms with Crippen LogP contribution in [-0.4, -0.2) is 0 Å². The Morgan fingerprint density at radius 3 is 0.971 bits per heavy atom. The Kier molecular flexibility index (Phi) is 9.70. The minimum Gasteiger partial charge on any atom is -0.456 e. The van der Waals surface area contributed by atoms with Gasteiger partial charge in [0.1, 0.15) is 22.3 Å². The zero-order chi connectivity index (χ0) is 47.0. The molecule has 4 heteroatoms. The van der Waals surface area contributed by atoms with Crippen LogP contribution in [0.15, 0.2) is 227 Å². The zero-order valence-corrected chi connectivity index (χ0v) is 39.5. The quantitative estimate of drug-likeness (QED) is 0.152. The first-order valence-electron chi connectivity index (χ1n) is 24.1. The highest BCUT2D eigenvalue weighted by molar-refractivity contribution is 6.18. The summed E-state index contributed by atoms with van der Waals surface area (Å²) in [5.41, 5.74) is 19.8. The van der Waals surface area contributed by atoms with Gasteiger partial charge in [-0.1, -0.05) is 133 Å². The van der Waals surface area contributed by atoms with Crippen LogP contribution in [0.3, 0.4) is 0 Å². The van der Waals surface area contributed by atoms with Crippen molar-refractivity contribution in [1.29, 1.82) is 0 Å². The molecule has 0 saturated heterocycles.